The van der Waals surface area contributed by atoms with E-state index in [4.69, 9.17) is 30.8 Å². The largest absolute Gasteiger partial charge is 0.472 e. The lowest BCUT2D eigenvalue weighted by atomic mass is 10.1. The van der Waals surface area contributed by atoms with E-state index in [-0.39, 0.29) is 24.9 Å². The van der Waals surface area contributed by atoms with Gasteiger partial charge in [0.15, 0.2) is 12.0 Å². The number of benzene rings is 2. The summed E-state index contributed by atoms with van der Waals surface area (Å²) in [7, 11) is -2.87. The van der Waals surface area contributed by atoms with Gasteiger partial charge in [0.1, 0.15) is 18.3 Å². The van der Waals surface area contributed by atoms with Crippen LogP contribution in [0.25, 0.3) is 11.3 Å². The lowest BCUT2D eigenvalue weighted by Gasteiger charge is -2.17. The molecule has 38 heavy (non-hydrogen) atoms. The predicted molar refractivity (Wildman–Crippen MR) is 141 cm³/mol. The monoisotopic (exact) mass is 553 g/mol. The van der Waals surface area contributed by atoms with E-state index < -0.39 is 21.7 Å². The maximum Gasteiger partial charge on any atom is 0.285 e. The summed E-state index contributed by atoms with van der Waals surface area (Å²) in [6.45, 7) is 0.544. The zero-order valence-corrected chi connectivity index (χ0v) is 21.9. The van der Waals surface area contributed by atoms with E-state index in [1.165, 1.54) is 6.26 Å². The minimum atomic E-state index is -2.87. The second-order valence-corrected chi connectivity index (χ2v) is 12.0. The van der Waals surface area contributed by atoms with Gasteiger partial charge in [0, 0.05) is 22.3 Å². The molecular weight excluding hydrogens is 530 g/mol. The maximum atomic E-state index is 13.0. The average molecular weight is 554 g/mol. The molecule has 0 saturated carbocycles. The third-order valence-corrected chi connectivity index (χ3v) is 8.66. The van der Waals surface area contributed by atoms with Gasteiger partial charge in [-0.25, -0.2) is 14.2 Å². The van der Waals surface area contributed by atoms with E-state index in [1.54, 1.807) is 54.6 Å². The molecule has 0 bridgehead atoms. The van der Waals surface area contributed by atoms with Crippen molar-refractivity contribution in [2.24, 2.45) is 9.36 Å². The third-order valence-electron chi connectivity index (χ3n) is 6.71. The van der Waals surface area contributed by atoms with Gasteiger partial charge in [-0.1, -0.05) is 41.9 Å². The van der Waals surface area contributed by atoms with Crippen molar-refractivity contribution in [2.75, 3.05) is 19.5 Å². The highest BCUT2D eigenvalue weighted by Crippen LogP contribution is 2.36. The zero-order chi connectivity index (χ0) is 26.4. The number of pyridine rings is 1. The number of aliphatic hydroxyl groups excluding tert-OH is 1. The normalized spacial score (nSPS) is 25.3. The fourth-order valence-corrected chi connectivity index (χ4v) is 6.20. The van der Waals surface area contributed by atoms with E-state index in [1.807, 2.05) is 6.07 Å². The van der Waals surface area contributed by atoms with Crippen LogP contribution in [0.3, 0.4) is 0 Å². The Hall–Kier alpha value is -3.15. The van der Waals surface area contributed by atoms with Crippen molar-refractivity contribution < 1.29 is 28.3 Å². The number of aromatic nitrogens is 1. The molecule has 0 aliphatic carbocycles. The quantitative estimate of drug-likeness (QED) is 0.521. The molecular formula is C27H24ClN3O6S. The van der Waals surface area contributed by atoms with Gasteiger partial charge in [0.2, 0.25) is 0 Å². The minimum Gasteiger partial charge on any atom is -0.472 e. The lowest BCUT2D eigenvalue weighted by Crippen LogP contribution is -2.34. The van der Waals surface area contributed by atoms with Crippen molar-refractivity contribution in [1.29, 1.82) is 0 Å². The number of halogens is 1. The first-order valence-corrected chi connectivity index (χ1v) is 14.4. The summed E-state index contributed by atoms with van der Waals surface area (Å²) in [4.78, 5) is 22.5. The van der Waals surface area contributed by atoms with Gasteiger partial charge < -0.3 is 19.3 Å². The van der Waals surface area contributed by atoms with E-state index >= 15 is 0 Å². The maximum absolute atomic E-state index is 13.0. The number of carbonyl (C=O) groups is 1. The summed E-state index contributed by atoms with van der Waals surface area (Å²) in [5.74, 6) is -0.0721. The molecule has 0 radical (unpaired) electrons. The molecule has 11 heteroatoms. The molecule has 1 N–H and O–H groups in total. The third kappa shape index (κ3) is 4.74. The Morgan fingerprint density at radius 2 is 1.84 bits per heavy atom. The van der Waals surface area contributed by atoms with Gasteiger partial charge >= 0.3 is 0 Å². The number of nitrogens with zero attached hydrogens (tertiary/aromatic N) is 3. The summed E-state index contributed by atoms with van der Waals surface area (Å²) in [5.41, 5.74) is 2.91. The van der Waals surface area contributed by atoms with Gasteiger partial charge in [-0.05, 0) is 30.3 Å². The molecule has 6 rings (SSSR count). The molecule has 9 nitrogen and oxygen atoms in total. The van der Waals surface area contributed by atoms with Crippen LogP contribution in [0.15, 0.2) is 74.9 Å². The minimum absolute atomic E-state index is 0.227. The summed E-state index contributed by atoms with van der Waals surface area (Å²) in [6.07, 6.45) is 0.124. The van der Waals surface area contributed by atoms with E-state index in [2.05, 4.69) is 9.36 Å². The van der Waals surface area contributed by atoms with Gasteiger partial charge in [0.25, 0.3) is 5.91 Å². The predicted octanol–water partition coefficient (Wildman–Crippen LogP) is 3.83. The van der Waals surface area contributed by atoms with Crippen LogP contribution < -0.4 is 0 Å². The highest BCUT2D eigenvalue weighted by atomic mass is 35.5. The molecule has 2 saturated heterocycles. The molecule has 5 atom stereocenters. The van der Waals surface area contributed by atoms with Crippen LogP contribution in [0.4, 0.5) is 5.69 Å². The first kappa shape index (κ1) is 25.1. The molecule has 3 aliphatic heterocycles. The second kappa shape index (κ2) is 9.87. The van der Waals surface area contributed by atoms with Crippen molar-refractivity contribution in [2.45, 2.75) is 35.7 Å². The lowest BCUT2D eigenvalue weighted by molar-refractivity contribution is 0.00558. The molecule has 0 spiro atoms. The molecule has 2 aromatic carbocycles. The fourth-order valence-electron chi connectivity index (χ4n) is 4.76. The smallest absolute Gasteiger partial charge is 0.285 e. The van der Waals surface area contributed by atoms with E-state index in [0.29, 0.717) is 57.0 Å². The molecule has 2 fully saturated rings. The fraction of sp³-hybridized carbons (Fsp3) is 0.296. The van der Waals surface area contributed by atoms with E-state index in [0.717, 1.165) is 0 Å². The van der Waals surface area contributed by atoms with Crippen LogP contribution in [0.5, 0.6) is 0 Å². The summed E-state index contributed by atoms with van der Waals surface area (Å²) < 4.78 is 34.2. The Morgan fingerprint density at radius 1 is 1.11 bits per heavy atom. The Labute approximate surface area is 224 Å². The number of amides is 1. The van der Waals surface area contributed by atoms with Crippen LogP contribution in [0, 0.1) is 0 Å². The topological polar surface area (TPSA) is 120 Å². The van der Waals surface area contributed by atoms with Crippen molar-refractivity contribution >= 4 is 38.8 Å². The van der Waals surface area contributed by atoms with Crippen LogP contribution in [-0.2, 0) is 30.4 Å². The Kier molecular flexibility index (Phi) is 6.53. The zero-order valence-electron chi connectivity index (χ0n) is 20.3. The number of hydrogen-bond acceptors (Lipinski definition) is 8. The molecule has 196 valence electrons. The molecule has 1 aromatic heterocycles. The molecule has 1 amide bonds. The summed E-state index contributed by atoms with van der Waals surface area (Å²) >= 11 is 6.54. The first-order valence-electron chi connectivity index (χ1n) is 12.1. The van der Waals surface area contributed by atoms with Gasteiger partial charge in [-0.15, -0.1) is 0 Å². The van der Waals surface area contributed by atoms with E-state index in [9.17, 15) is 14.1 Å². The Morgan fingerprint density at radius 3 is 2.61 bits per heavy atom. The van der Waals surface area contributed by atoms with Crippen LogP contribution >= 0.6 is 11.6 Å². The van der Waals surface area contributed by atoms with Crippen LogP contribution in [0.2, 0.25) is 5.02 Å². The van der Waals surface area contributed by atoms with Gasteiger partial charge in [-0.2, -0.15) is 4.36 Å². The first-order chi connectivity index (χ1) is 18.3. The summed E-state index contributed by atoms with van der Waals surface area (Å²) in [5, 5.41) is 10.3. The van der Waals surface area contributed by atoms with Gasteiger partial charge in [-0.3, -0.25) is 4.79 Å². The van der Waals surface area contributed by atoms with Crippen LogP contribution in [0.1, 0.15) is 16.1 Å². The highest BCUT2D eigenvalue weighted by Gasteiger charge is 2.49. The molecule has 3 aliphatic rings. The summed E-state index contributed by atoms with van der Waals surface area (Å²) in [6, 6.07) is 17.1. The van der Waals surface area contributed by atoms with Crippen molar-refractivity contribution in [3.8, 4) is 11.3 Å². The van der Waals surface area contributed by atoms with Crippen molar-refractivity contribution in [3.63, 3.8) is 0 Å². The van der Waals surface area contributed by atoms with Crippen LogP contribution in [-0.4, -0.2) is 70.0 Å². The Bertz CT molecular complexity index is 1550. The SMILES string of the molecule is C[S@](=O)(=NC(=O)c1ccc(-c2nc3c(cc2Cl)N=C(O[C@@H]2CO[C@H]4[C@@H]2OC[C@H]4O)C3)cc1)c1ccccc1. The van der Waals surface area contributed by atoms with Gasteiger partial charge in [0.05, 0.1) is 51.5 Å². The number of aliphatic imine (C=N–C) groups is 1. The van der Waals surface area contributed by atoms with Crippen molar-refractivity contribution in [3.05, 3.63) is 76.9 Å². The molecule has 3 aromatic rings. The molecule has 4 heterocycles. The molecule has 0 unspecified atom stereocenters. The second-order valence-electron chi connectivity index (χ2n) is 9.38. The van der Waals surface area contributed by atoms with Crippen molar-refractivity contribution in [1.82, 2.24) is 4.98 Å². The standard InChI is InChI=1S/C27H24ClN3O6S/c1-38(34,17-5-3-2-4-6-17)31-27(33)16-9-7-15(8-10-16)24-18(28)11-19-20(30-24)12-23(29-19)37-22-14-36-25-21(32)13-35-26(22)25/h2-11,21-22,25-26,32H,12-14H2,1H3/t21-,22-,25-,26-,38-/m1/s1. The number of aliphatic hydroxyl groups is 1. The average Bonchev–Trinajstić information content (AvgIpc) is 3.60. The Balaban J connectivity index is 1.17. The number of rotatable bonds is 4. The highest BCUT2D eigenvalue weighted by molar-refractivity contribution is 7.93. The number of fused-ring (bicyclic) bond motifs is 2. The number of hydrogen-bond donors (Lipinski definition) is 1. The number of ether oxygens (including phenoxy) is 3. The number of carbonyl (C=O) groups excluding carboxylic acids is 1.